The van der Waals surface area contributed by atoms with Crippen LogP contribution in [-0.2, 0) is 0 Å². The van der Waals surface area contributed by atoms with Crippen LogP contribution in [0.25, 0.3) is 0 Å². The van der Waals surface area contributed by atoms with Gasteiger partial charge < -0.3 is 5.32 Å². The minimum Gasteiger partial charge on any atom is -0.316 e. The van der Waals surface area contributed by atoms with E-state index in [0.717, 1.165) is 17.9 Å². The molecule has 2 fully saturated rings. The van der Waals surface area contributed by atoms with Crippen LogP contribution in [0.2, 0.25) is 0 Å². The zero-order valence-electron chi connectivity index (χ0n) is 12.6. The molecule has 1 atom stereocenters. The Morgan fingerprint density at radius 3 is 2.39 bits per heavy atom. The van der Waals surface area contributed by atoms with Crippen LogP contribution in [0.15, 0.2) is 0 Å². The summed E-state index contributed by atoms with van der Waals surface area (Å²) in [7, 11) is 0. The summed E-state index contributed by atoms with van der Waals surface area (Å²) in [5, 5.41) is 3.56. The predicted octanol–water partition coefficient (Wildman–Crippen LogP) is 3.28. The van der Waals surface area contributed by atoms with Crippen LogP contribution < -0.4 is 5.32 Å². The summed E-state index contributed by atoms with van der Waals surface area (Å²) in [4.78, 5) is 2.81. The van der Waals surface area contributed by atoms with Gasteiger partial charge in [0, 0.05) is 18.6 Å². The number of hydrogen-bond acceptors (Lipinski definition) is 2. The van der Waals surface area contributed by atoms with Gasteiger partial charge >= 0.3 is 0 Å². The lowest BCUT2D eigenvalue weighted by molar-refractivity contribution is 0.0837. The highest BCUT2D eigenvalue weighted by atomic mass is 15.2. The Kier molecular flexibility index (Phi) is 5.50. The van der Waals surface area contributed by atoms with E-state index in [0.29, 0.717) is 6.04 Å². The fourth-order valence-corrected chi connectivity index (χ4v) is 3.73. The summed E-state index contributed by atoms with van der Waals surface area (Å²) in [5.41, 5.74) is 0. The van der Waals surface area contributed by atoms with Crippen LogP contribution in [-0.4, -0.2) is 36.6 Å². The van der Waals surface area contributed by atoms with E-state index in [1.165, 1.54) is 58.2 Å². The van der Waals surface area contributed by atoms with Gasteiger partial charge in [0.05, 0.1) is 0 Å². The van der Waals surface area contributed by atoms with Crippen molar-refractivity contribution in [3.05, 3.63) is 0 Å². The molecule has 1 unspecified atom stereocenters. The monoisotopic (exact) mass is 252 g/mol. The van der Waals surface area contributed by atoms with Crippen molar-refractivity contribution in [1.82, 2.24) is 10.2 Å². The van der Waals surface area contributed by atoms with Gasteiger partial charge in [-0.3, -0.25) is 4.90 Å². The second-order valence-corrected chi connectivity index (χ2v) is 6.92. The first-order chi connectivity index (χ1) is 8.66. The summed E-state index contributed by atoms with van der Waals surface area (Å²) in [5.74, 6) is 1.85. The zero-order valence-corrected chi connectivity index (χ0v) is 12.6. The molecular formula is C16H32N2. The van der Waals surface area contributed by atoms with E-state index in [1.54, 1.807) is 0 Å². The Morgan fingerprint density at radius 2 is 1.83 bits per heavy atom. The molecule has 1 N–H and O–H groups in total. The predicted molar refractivity (Wildman–Crippen MR) is 78.9 cm³/mol. The third-order valence-corrected chi connectivity index (χ3v) is 4.99. The summed E-state index contributed by atoms with van der Waals surface area (Å²) < 4.78 is 0. The normalized spacial score (nSPS) is 34.2. The average Bonchev–Trinajstić information content (AvgIpc) is 2.38. The fourth-order valence-electron chi connectivity index (χ4n) is 3.73. The molecule has 1 saturated carbocycles. The number of nitrogens with zero attached hydrogens (tertiary/aromatic N) is 1. The smallest absolute Gasteiger partial charge is 0.00982 e. The van der Waals surface area contributed by atoms with Gasteiger partial charge in [0.15, 0.2) is 0 Å². The highest BCUT2D eigenvalue weighted by Crippen LogP contribution is 2.29. The van der Waals surface area contributed by atoms with Gasteiger partial charge in [0.25, 0.3) is 0 Å². The van der Waals surface area contributed by atoms with E-state index in [2.05, 4.69) is 31.0 Å². The fraction of sp³-hybridized carbons (Fsp3) is 1.00. The second-order valence-electron chi connectivity index (χ2n) is 6.92. The standard InChI is InChI=1S/C16H32N2/c1-13(2)18(12-15-5-4-10-17-11-15)16-8-6-14(3)7-9-16/h13-17H,4-12H2,1-3H3. The first kappa shape index (κ1) is 14.3. The number of hydrogen-bond donors (Lipinski definition) is 1. The molecule has 2 heteroatoms. The summed E-state index contributed by atoms with van der Waals surface area (Å²) in [6.07, 6.45) is 8.55. The molecular weight excluding hydrogens is 220 g/mol. The molecule has 0 spiro atoms. The van der Waals surface area contributed by atoms with E-state index in [-0.39, 0.29) is 0 Å². The van der Waals surface area contributed by atoms with Crippen LogP contribution in [0.3, 0.4) is 0 Å². The third kappa shape index (κ3) is 3.96. The Balaban J connectivity index is 1.86. The molecule has 1 saturated heterocycles. The van der Waals surface area contributed by atoms with Crippen molar-refractivity contribution >= 4 is 0 Å². The van der Waals surface area contributed by atoms with Gasteiger partial charge in [0.2, 0.25) is 0 Å². The van der Waals surface area contributed by atoms with Gasteiger partial charge in [-0.2, -0.15) is 0 Å². The van der Waals surface area contributed by atoms with Gasteiger partial charge in [-0.25, -0.2) is 0 Å². The van der Waals surface area contributed by atoms with Crippen LogP contribution in [0.4, 0.5) is 0 Å². The number of rotatable bonds is 4. The van der Waals surface area contributed by atoms with Crippen molar-refractivity contribution in [2.24, 2.45) is 11.8 Å². The highest BCUT2D eigenvalue weighted by Gasteiger charge is 2.28. The van der Waals surface area contributed by atoms with Crippen LogP contribution in [0.5, 0.6) is 0 Å². The second kappa shape index (κ2) is 6.91. The minimum atomic E-state index is 0.713. The molecule has 18 heavy (non-hydrogen) atoms. The Morgan fingerprint density at radius 1 is 1.11 bits per heavy atom. The molecule has 2 rings (SSSR count). The Hall–Kier alpha value is -0.0800. The molecule has 0 aromatic carbocycles. The Bertz CT molecular complexity index is 225. The van der Waals surface area contributed by atoms with Crippen molar-refractivity contribution < 1.29 is 0 Å². The molecule has 2 nitrogen and oxygen atoms in total. The van der Waals surface area contributed by atoms with Crippen LogP contribution in [0, 0.1) is 11.8 Å². The average molecular weight is 252 g/mol. The molecule has 0 aromatic rings. The minimum absolute atomic E-state index is 0.713. The van der Waals surface area contributed by atoms with Crippen molar-refractivity contribution in [1.29, 1.82) is 0 Å². The first-order valence-electron chi connectivity index (χ1n) is 8.13. The molecule has 0 radical (unpaired) electrons. The molecule has 1 aliphatic heterocycles. The molecule has 0 amide bonds. The lowest BCUT2D eigenvalue weighted by Crippen LogP contribution is -2.47. The van der Waals surface area contributed by atoms with Crippen molar-refractivity contribution in [2.75, 3.05) is 19.6 Å². The van der Waals surface area contributed by atoms with Crippen LogP contribution in [0.1, 0.15) is 59.3 Å². The van der Waals surface area contributed by atoms with Crippen molar-refractivity contribution in [3.8, 4) is 0 Å². The lowest BCUT2D eigenvalue weighted by atomic mass is 9.85. The van der Waals surface area contributed by atoms with Gasteiger partial charge in [-0.1, -0.05) is 6.92 Å². The molecule has 2 aliphatic rings. The SMILES string of the molecule is CC1CCC(N(CC2CCCNC2)C(C)C)CC1. The maximum Gasteiger partial charge on any atom is 0.00982 e. The van der Waals surface area contributed by atoms with Gasteiger partial charge in [-0.15, -0.1) is 0 Å². The topological polar surface area (TPSA) is 15.3 Å². The molecule has 106 valence electrons. The quantitative estimate of drug-likeness (QED) is 0.826. The molecule has 1 heterocycles. The summed E-state index contributed by atoms with van der Waals surface area (Å²) >= 11 is 0. The maximum absolute atomic E-state index is 3.56. The molecule has 0 bridgehead atoms. The maximum atomic E-state index is 3.56. The number of nitrogens with one attached hydrogen (secondary N) is 1. The summed E-state index contributed by atoms with van der Waals surface area (Å²) in [6, 6.07) is 1.58. The van der Waals surface area contributed by atoms with E-state index >= 15 is 0 Å². The van der Waals surface area contributed by atoms with Crippen LogP contribution >= 0.6 is 0 Å². The molecule has 1 aliphatic carbocycles. The van der Waals surface area contributed by atoms with Crippen molar-refractivity contribution in [3.63, 3.8) is 0 Å². The van der Waals surface area contributed by atoms with E-state index in [4.69, 9.17) is 0 Å². The van der Waals surface area contributed by atoms with E-state index < -0.39 is 0 Å². The number of piperidine rings is 1. The lowest BCUT2D eigenvalue weighted by Gasteiger charge is -2.41. The van der Waals surface area contributed by atoms with E-state index in [9.17, 15) is 0 Å². The van der Waals surface area contributed by atoms with Gasteiger partial charge in [-0.05, 0) is 77.3 Å². The summed E-state index contributed by atoms with van der Waals surface area (Å²) in [6.45, 7) is 11.0. The van der Waals surface area contributed by atoms with Gasteiger partial charge in [0.1, 0.15) is 0 Å². The highest BCUT2D eigenvalue weighted by molar-refractivity contribution is 4.83. The zero-order chi connectivity index (χ0) is 13.0. The first-order valence-corrected chi connectivity index (χ1v) is 8.13. The Labute approximate surface area is 114 Å². The van der Waals surface area contributed by atoms with Crippen molar-refractivity contribution in [2.45, 2.75) is 71.4 Å². The van der Waals surface area contributed by atoms with E-state index in [1.807, 2.05) is 0 Å². The third-order valence-electron chi connectivity index (χ3n) is 4.99. The molecule has 0 aromatic heterocycles. The largest absolute Gasteiger partial charge is 0.316 e.